The van der Waals surface area contributed by atoms with Crippen LogP contribution in [0, 0.1) is 0 Å². The van der Waals surface area contributed by atoms with Crippen LogP contribution in [0.4, 0.5) is 0 Å². The third kappa shape index (κ3) is 4.29. The molecule has 0 aliphatic rings. The predicted octanol–water partition coefficient (Wildman–Crippen LogP) is 1.51. The second-order valence-electron chi connectivity index (χ2n) is 6.51. The van der Waals surface area contributed by atoms with Crippen molar-refractivity contribution in [3.05, 3.63) is 86.3 Å². The van der Waals surface area contributed by atoms with E-state index in [1.807, 2.05) is 26.0 Å². The quantitative estimate of drug-likeness (QED) is 0.447. The van der Waals surface area contributed by atoms with Gasteiger partial charge < -0.3 is 5.11 Å². The van der Waals surface area contributed by atoms with Crippen LogP contribution in [0.3, 0.4) is 0 Å². The van der Waals surface area contributed by atoms with Crippen LogP contribution < -0.4 is 16.7 Å². The van der Waals surface area contributed by atoms with Gasteiger partial charge in [0, 0.05) is 18.0 Å². The number of benzene rings is 1. The molecule has 0 spiro atoms. The Hall–Kier alpha value is -4.01. The Morgan fingerprint density at radius 2 is 1.83 bits per heavy atom. The van der Waals surface area contributed by atoms with E-state index < -0.39 is 23.0 Å². The molecule has 2 aromatic heterocycles. The zero-order valence-electron chi connectivity index (χ0n) is 15.8. The van der Waals surface area contributed by atoms with E-state index in [9.17, 15) is 19.5 Å². The number of pyridine rings is 1. The number of aromatic amines is 1. The molecule has 0 unspecified atom stereocenters. The van der Waals surface area contributed by atoms with Gasteiger partial charge in [-0.2, -0.15) is 5.10 Å². The van der Waals surface area contributed by atoms with Gasteiger partial charge in [-0.3, -0.25) is 19.6 Å². The largest absolute Gasteiger partial charge is 0.493 e. The van der Waals surface area contributed by atoms with Crippen LogP contribution in [0.5, 0.6) is 5.88 Å². The van der Waals surface area contributed by atoms with E-state index in [2.05, 4.69) is 20.5 Å². The van der Waals surface area contributed by atoms with Gasteiger partial charge in [-0.05, 0) is 35.7 Å². The molecule has 9 nitrogen and oxygen atoms in total. The molecular weight excluding hydrogens is 374 g/mol. The van der Waals surface area contributed by atoms with Gasteiger partial charge in [-0.1, -0.05) is 26.0 Å². The van der Waals surface area contributed by atoms with Crippen LogP contribution in [0.1, 0.15) is 41.3 Å². The molecule has 1 amide bonds. The first-order chi connectivity index (χ1) is 13.9. The number of H-pyrrole nitrogens is 1. The van der Waals surface area contributed by atoms with Gasteiger partial charge in [0.15, 0.2) is 0 Å². The summed E-state index contributed by atoms with van der Waals surface area (Å²) in [6, 6.07) is 9.99. The van der Waals surface area contributed by atoms with E-state index in [1.165, 1.54) is 24.5 Å². The Labute approximate surface area is 165 Å². The SMILES string of the molecule is CC(C)c1ccc(-n2c(O)c(/C=N/NC(=O)c3ccncc3)c(=O)[nH]c2=O)cc1. The van der Waals surface area contributed by atoms with E-state index in [4.69, 9.17) is 0 Å². The Kier molecular flexibility index (Phi) is 5.68. The number of carbonyl (C=O) groups excluding carboxylic acids is 1. The summed E-state index contributed by atoms with van der Waals surface area (Å²) in [6.45, 7) is 4.07. The maximum Gasteiger partial charge on any atom is 0.335 e. The smallest absolute Gasteiger partial charge is 0.335 e. The van der Waals surface area contributed by atoms with Gasteiger partial charge in [-0.25, -0.2) is 14.8 Å². The van der Waals surface area contributed by atoms with Crippen LogP contribution in [0.15, 0.2) is 63.5 Å². The number of aromatic hydroxyl groups is 1. The van der Waals surface area contributed by atoms with Gasteiger partial charge in [0.2, 0.25) is 5.88 Å². The maximum absolute atomic E-state index is 12.2. The van der Waals surface area contributed by atoms with E-state index in [1.54, 1.807) is 12.1 Å². The molecule has 0 fully saturated rings. The van der Waals surface area contributed by atoms with Gasteiger partial charge in [0.25, 0.3) is 11.5 Å². The summed E-state index contributed by atoms with van der Waals surface area (Å²) in [4.78, 5) is 42.2. The van der Waals surface area contributed by atoms with Crippen molar-refractivity contribution in [1.82, 2.24) is 20.0 Å². The lowest BCUT2D eigenvalue weighted by Gasteiger charge is -2.11. The van der Waals surface area contributed by atoms with E-state index in [0.717, 1.165) is 16.3 Å². The summed E-state index contributed by atoms with van der Waals surface area (Å²) in [7, 11) is 0. The Balaban J connectivity index is 1.92. The van der Waals surface area contributed by atoms with Crippen LogP contribution in [0.25, 0.3) is 5.69 Å². The minimum absolute atomic E-state index is 0.271. The van der Waals surface area contributed by atoms with Crippen molar-refractivity contribution < 1.29 is 9.90 Å². The number of amides is 1. The Morgan fingerprint density at radius 1 is 1.17 bits per heavy atom. The first-order valence-corrected chi connectivity index (χ1v) is 8.80. The fourth-order valence-corrected chi connectivity index (χ4v) is 2.63. The monoisotopic (exact) mass is 393 g/mol. The molecule has 2 heterocycles. The van der Waals surface area contributed by atoms with Crippen LogP contribution >= 0.6 is 0 Å². The van der Waals surface area contributed by atoms with Crippen molar-refractivity contribution in [2.24, 2.45) is 5.10 Å². The van der Waals surface area contributed by atoms with Crippen LogP contribution in [-0.4, -0.2) is 31.8 Å². The number of hydrogen-bond acceptors (Lipinski definition) is 6. The lowest BCUT2D eigenvalue weighted by atomic mass is 10.0. The molecule has 3 aromatic rings. The number of nitrogens with one attached hydrogen (secondary N) is 2. The van der Waals surface area contributed by atoms with Gasteiger partial charge >= 0.3 is 5.69 Å². The van der Waals surface area contributed by atoms with Crippen molar-refractivity contribution >= 4 is 12.1 Å². The van der Waals surface area contributed by atoms with Crippen molar-refractivity contribution in [3.63, 3.8) is 0 Å². The number of hydrazone groups is 1. The molecule has 0 aliphatic carbocycles. The summed E-state index contributed by atoms with van der Waals surface area (Å²) < 4.78 is 0.956. The highest BCUT2D eigenvalue weighted by molar-refractivity contribution is 5.94. The normalized spacial score (nSPS) is 11.1. The highest BCUT2D eigenvalue weighted by atomic mass is 16.3. The minimum Gasteiger partial charge on any atom is -0.493 e. The first-order valence-electron chi connectivity index (χ1n) is 8.80. The molecule has 3 N–H and O–H groups in total. The van der Waals surface area contributed by atoms with Crippen molar-refractivity contribution in [3.8, 4) is 11.6 Å². The second-order valence-corrected chi connectivity index (χ2v) is 6.51. The Morgan fingerprint density at radius 3 is 2.45 bits per heavy atom. The molecule has 0 saturated carbocycles. The summed E-state index contributed by atoms with van der Waals surface area (Å²) >= 11 is 0. The van der Waals surface area contributed by atoms with Crippen molar-refractivity contribution in [2.75, 3.05) is 0 Å². The van der Waals surface area contributed by atoms with E-state index in [-0.39, 0.29) is 5.56 Å². The number of rotatable bonds is 5. The molecule has 0 atom stereocenters. The van der Waals surface area contributed by atoms with Crippen molar-refractivity contribution in [1.29, 1.82) is 0 Å². The molecule has 148 valence electrons. The summed E-state index contributed by atoms with van der Waals surface area (Å²) in [6.07, 6.45) is 3.89. The first kappa shape index (κ1) is 19.7. The molecule has 29 heavy (non-hydrogen) atoms. The summed E-state index contributed by atoms with van der Waals surface area (Å²) in [5.74, 6) is -0.799. The molecule has 9 heteroatoms. The summed E-state index contributed by atoms with van der Waals surface area (Å²) in [5.41, 5.74) is 2.12. The second kappa shape index (κ2) is 8.34. The highest BCUT2D eigenvalue weighted by Crippen LogP contribution is 2.19. The third-order valence-electron chi connectivity index (χ3n) is 4.24. The van der Waals surface area contributed by atoms with Gasteiger partial charge in [0.05, 0.1) is 11.9 Å². The Bertz CT molecular complexity index is 1160. The molecule has 1 aromatic carbocycles. The number of aromatic nitrogens is 3. The number of nitrogens with zero attached hydrogens (tertiary/aromatic N) is 3. The van der Waals surface area contributed by atoms with Gasteiger partial charge in [-0.15, -0.1) is 0 Å². The fourth-order valence-electron chi connectivity index (χ4n) is 2.63. The average Bonchev–Trinajstić information content (AvgIpc) is 2.71. The average molecular weight is 393 g/mol. The third-order valence-corrected chi connectivity index (χ3v) is 4.24. The van der Waals surface area contributed by atoms with Crippen molar-refractivity contribution in [2.45, 2.75) is 19.8 Å². The van der Waals surface area contributed by atoms with Gasteiger partial charge in [0.1, 0.15) is 5.56 Å². The predicted molar refractivity (Wildman–Crippen MR) is 108 cm³/mol. The van der Waals surface area contributed by atoms with E-state index in [0.29, 0.717) is 17.2 Å². The molecule has 0 bridgehead atoms. The van der Waals surface area contributed by atoms with Crippen LogP contribution in [0.2, 0.25) is 0 Å². The molecular formula is C20H19N5O4. The molecule has 0 aliphatic heterocycles. The maximum atomic E-state index is 12.2. The molecule has 0 radical (unpaired) electrons. The summed E-state index contributed by atoms with van der Waals surface area (Å²) in [5, 5.41) is 14.2. The minimum atomic E-state index is -0.829. The molecule has 3 rings (SSSR count). The topological polar surface area (TPSA) is 129 Å². The lowest BCUT2D eigenvalue weighted by Crippen LogP contribution is -2.31. The fraction of sp³-hybridized carbons (Fsp3) is 0.150. The lowest BCUT2D eigenvalue weighted by molar-refractivity contribution is 0.0955. The van der Waals surface area contributed by atoms with Crippen LogP contribution in [-0.2, 0) is 0 Å². The highest BCUT2D eigenvalue weighted by Gasteiger charge is 2.14. The number of carbonyl (C=O) groups is 1. The van der Waals surface area contributed by atoms with E-state index >= 15 is 0 Å². The zero-order chi connectivity index (χ0) is 21.0. The molecule has 0 saturated heterocycles. The standard InChI is InChI=1S/C20H19N5O4/c1-12(2)13-3-5-15(6-4-13)25-19(28)16(18(27)23-20(25)29)11-22-24-17(26)14-7-9-21-10-8-14/h3-12,28H,1-2H3,(H,24,26)(H,23,27,29)/b22-11+. The zero-order valence-corrected chi connectivity index (χ0v) is 15.8. The number of hydrogen-bond donors (Lipinski definition) is 3.